The van der Waals surface area contributed by atoms with Gasteiger partial charge in [0.15, 0.2) is 4.34 Å². The van der Waals surface area contributed by atoms with E-state index in [0.29, 0.717) is 22.6 Å². The number of thiazole rings is 1. The molecule has 4 aromatic rings. The van der Waals surface area contributed by atoms with Gasteiger partial charge in [0.25, 0.3) is 0 Å². The Morgan fingerprint density at radius 1 is 1.17 bits per heavy atom. The zero-order valence-electron chi connectivity index (χ0n) is 12.7. The van der Waals surface area contributed by atoms with Gasteiger partial charge in [0.1, 0.15) is 0 Å². The molecular formula is C17H12ClN3OS2. The first-order chi connectivity index (χ1) is 11.7. The van der Waals surface area contributed by atoms with Gasteiger partial charge in [0, 0.05) is 10.6 Å². The number of fused-ring (bicyclic) bond motifs is 1. The first-order valence-electron chi connectivity index (χ1n) is 7.26. The van der Waals surface area contributed by atoms with Crippen molar-refractivity contribution in [2.24, 2.45) is 0 Å². The fourth-order valence-corrected chi connectivity index (χ4v) is 4.32. The number of benzene rings is 2. The van der Waals surface area contributed by atoms with E-state index in [2.05, 4.69) is 15.2 Å². The maximum Gasteiger partial charge on any atom is 0.247 e. The van der Waals surface area contributed by atoms with Gasteiger partial charge in [-0.1, -0.05) is 41.1 Å². The lowest BCUT2D eigenvalue weighted by atomic mass is 10.1. The molecule has 0 bridgehead atoms. The van der Waals surface area contributed by atoms with E-state index in [0.717, 1.165) is 25.7 Å². The molecular weight excluding hydrogens is 362 g/mol. The Morgan fingerprint density at radius 3 is 2.96 bits per heavy atom. The summed E-state index contributed by atoms with van der Waals surface area (Å²) in [7, 11) is 0. The number of hydrogen-bond acceptors (Lipinski definition) is 6. The summed E-state index contributed by atoms with van der Waals surface area (Å²) < 4.78 is 7.83. The van der Waals surface area contributed by atoms with Gasteiger partial charge in [-0.15, -0.1) is 21.5 Å². The fourth-order valence-electron chi connectivity index (χ4n) is 2.27. The van der Waals surface area contributed by atoms with Crippen molar-refractivity contribution in [1.82, 2.24) is 15.2 Å². The van der Waals surface area contributed by atoms with Crippen LogP contribution in [-0.2, 0) is 5.75 Å². The van der Waals surface area contributed by atoms with Crippen molar-refractivity contribution in [3.8, 4) is 11.5 Å². The summed E-state index contributed by atoms with van der Waals surface area (Å²) in [5, 5.41) is 8.95. The summed E-state index contributed by atoms with van der Waals surface area (Å²) in [5.41, 5.74) is 3.02. The van der Waals surface area contributed by atoms with E-state index in [1.165, 1.54) is 0 Å². The Hall–Kier alpha value is -1.89. The molecule has 2 aromatic carbocycles. The standard InChI is InChI=1S/C17H12ClN3OS2/c1-10-3-2-4-11(7-10)16-21-20-15(22-16)9-23-17-19-13-8-12(18)5-6-14(13)24-17/h2-8H,9H2,1H3. The number of thioether (sulfide) groups is 1. The average Bonchev–Trinajstić information content (AvgIpc) is 3.19. The summed E-state index contributed by atoms with van der Waals surface area (Å²) in [4.78, 5) is 4.57. The molecule has 7 heteroatoms. The van der Waals surface area contributed by atoms with Crippen molar-refractivity contribution in [2.45, 2.75) is 17.0 Å². The second-order valence-electron chi connectivity index (χ2n) is 5.25. The van der Waals surface area contributed by atoms with Gasteiger partial charge < -0.3 is 4.42 Å². The molecule has 0 fully saturated rings. The van der Waals surface area contributed by atoms with Crippen LogP contribution in [0.5, 0.6) is 0 Å². The Labute approximate surface area is 151 Å². The number of hydrogen-bond donors (Lipinski definition) is 0. The molecule has 0 saturated heterocycles. The molecule has 0 N–H and O–H groups in total. The molecule has 0 unspecified atom stereocenters. The van der Waals surface area contributed by atoms with Crippen LogP contribution in [0.3, 0.4) is 0 Å². The van der Waals surface area contributed by atoms with Crippen LogP contribution in [-0.4, -0.2) is 15.2 Å². The number of aromatic nitrogens is 3. The van der Waals surface area contributed by atoms with Crippen LogP contribution in [0.4, 0.5) is 0 Å². The van der Waals surface area contributed by atoms with Crippen LogP contribution < -0.4 is 0 Å². The van der Waals surface area contributed by atoms with Crippen LogP contribution in [0, 0.1) is 6.92 Å². The van der Waals surface area contributed by atoms with E-state index in [4.69, 9.17) is 16.0 Å². The van der Waals surface area contributed by atoms with Gasteiger partial charge in [-0.2, -0.15) is 0 Å². The molecule has 120 valence electrons. The third-order valence-electron chi connectivity index (χ3n) is 3.38. The van der Waals surface area contributed by atoms with E-state index >= 15 is 0 Å². The van der Waals surface area contributed by atoms with Gasteiger partial charge >= 0.3 is 0 Å². The molecule has 4 rings (SSSR count). The molecule has 0 saturated carbocycles. The van der Waals surface area contributed by atoms with Gasteiger partial charge in [-0.3, -0.25) is 0 Å². The second kappa shape index (κ2) is 6.55. The fraction of sp³-hybridized carbons (Fsp3) is 0.118. The van der Waals surface area contributed by atoms with Crippen LogP contribution in [0.15, 0.2) is 51.2 Å². The lowest BCUT2D eigenvalue weighted by molar-refractivity contribution is 0.528. The minimum atomic E-state index is 0.547. The van der Waals surface area contributed by atoms with E-state index in [-0.39, 0.29) is 0 Å². The maximum atomic E-state index is 6.00. The quantitative estimate of drug-likeness (QED) is 0.436. The molecule has 2 heterocycles. The van der Waals surface area contributed by atoms with Crippen molar-refractivity contribution < 1.29 is 4.42 Å². The highest BCUT2D eigenvalue weighted by Gasteiger charge is 2.11. The van der Waals surface area contributed by atoms with Crippen molar-refractivity contribution in [2.75, 3.05) is 0 Å². The Kier molecular flexibility index (Phi) is 4.26. The summed E-state index contributed by atoms with van der Waals surface area (Å²) in [6.45, 7) is 2.04. The first-order valence-corrected chi connectivity index (χ1v) is 9.44. The number of nitrogens with zero attached hydrogens (tertiary/aromatic N) is 3. The first kappa shape index (κ1) is 15.6. The smallest absolute Gasteiger partial charge is 0.247 e. The van der Waals surface area contributed by atoms with Crippen molar-refractivity contribution in [3.63, 3.8) is 0 Å². The molecule has 0 aliphatic heterocycles. The highest BCUT2D eigenvalue weighted by Crippen LogP contribution is 2.32. The van der Waals surface area contributed by atoms with Crippen LogP contribution in [0.25, 0.3) is 21.7 Å². The van der Waals surface area contributed by atoms with Gasteiger partial charge in [0.2, 0.25) is 11.8 Å². The summed E-state index contributed by atoms with van der Waals surface area (Å²) in [5.74, 6) is 1.73. The normalized spacial score (nSPS) is 11.2. The third kappa shape index (κ3) is 3.31. The Balaban J connectivity index is 1.49. The predicted molar refractivity (Wildman–Crippen MR) is 98.7 cm³/mol. The molecule has 24 heavy (non-hydrogen) atoms. The van der Waals surface area contributed by atoms with Crippen molar-refractivity contribution >= 4 is 44.9 Å². The topological polar surface area (TPSA) is 51.8 Å². The van der Waals surface area contributed by atoms with Crippen LogP contribution >= 0.6 is 34.7 Å². The molecule has 4 nitrogen and oxygen atoms in total. The SMILES string of the molecule is Cc1cccc(-c2nnc(CSc3nc4cc(Cl)ccc4s3)o2)c1. The number of aryl methyl sites for hydroxylation is 1. The monoisotopic (exact) mass is 373 g/mol. The van der Waals surface area contributed by atoms with Gasteiger partial charge in [0.05, 0.1) is 16.0 Å². The average molecular weight is 374 g/mol. The lowest BCUT2D eigenvalue weighted by Crippen LogP contribution is -1.79. The zero-order valence-corrected chi connectivity index (χ0v) is 15.1. The minimum Gasteiger partial charge on any atom is -0.420 e. The molecule has 0 spiro atoms. The number of rotatable bonds is 4. The van der Waals surface area contributed by atoms with Crippen LogP contribution in [0.2, 0.25) is 5.02 Å². The van der Waals surface area contributed by atoms with E-state index in [1.807, 2.05) is 49.4 Å². The molecule has 0 aliphatic carbocycles. The van der Waals surface area contributed by atoms with Crippen LogP contribution in [0.1, 0.15) is 11.5 Å². The molecule has 0 atom stereocenters. The highest BCUT2D eigenvalue weighted by atomic mass is 35.5. The summed E-state index contributed by atoms with van der Waals surface area (Å²) in [6.07, 6.45) is 0. The highest BCUT2D eigenvalue weighted by molar-refractivity contribution is 8.00. The lowest BCUT2D eigenvalue weighted by Gasteiger charge is -1.96. The van der Waals surface area contributed by atoms with Crippen molar-refractivity contribution in [3.05, 3.63) is 58.9 Å². The number of halogens is 1. The van der Waals surface area contributed by atoms with E-state index < -0.39 is 0 Å². The molecule has 2 aromatic heterocycles. The second-order valence-corrected chi connectivity index (χ2v) is 7.94. The molecule has 0 radical (unpaired) electrons. The minimum absolute atomic E-state index is 0.547. The molecule has 0 amide bonds. The summed E-state index contributed by atoms with van der Waals surface area (Å²) >= 11 is 9.22. The van der Waals surface area contributed by atoms with Crippen molar-refractivity contribution in [1.29, 1.82) is 0 Å². The Morgan fingerprint density at radius 2 is 2.08 bits per heavy atom. The largest absolute Gasteiger partial charge is 0.420 e. The van der Waals surface area contributed by atoms with Gasteiger partial charge in [-0.25, -0.2) is 4.98 Å². The summed E-state index contributed by atoms with van der Waals surface area (Å²) in [6, 6.07) is 13.8. The molecule has 0 aliphatic rings. The van der Waals surface area contributed by atoms with Gasteiger partial charge in [-0.05, 0) is 37.3 Å². The van der Waals surface area contributed by atoms with E-state index in [9.17, 15) is 0 Å². The zero-order chi connectivity index (χ0) is 16.5. The Bertz CT molecular complexity index is 1010. The third-order valence-corrected chi connectivity index (χ3v) is 5.78. The predicted octanol–water partition coefficient (Wildman–Crippen LogP) is 5.60. The van der Waals surface area contributed by atoms with E-state index in [1.54, 1.807) is 23.1 Å². The maximum absolute atomic E-state index is 6.00.